The summed E-state index contributed by atoms with van der Waals surface area (Å²) in [6.07, 6.45) is 5.24. The van der Waals surface area contributed by atoms with Crippen LogP contribution in [-0.4, -0.2) is 24.3 Å². The van der Waals surface area contributed by atoms with Gasteiger partial charge >= 0.3 is 6.09 Å². The van der Waals surface area contributed by atoms with Crippen LogP contribution in [0.1, 0.15) is 52.9 Å². The van der Waals surface area contributed by atoms with Crippen LogP contribution in [0.2, 0.25) is 0 Å². The minimum absolute atomic E-state index is 0.277. The molecule has 0 aliphatic heterocycles. The molecule has 0 atom stereocenters. The molecule has 1 fully saturated rings. The molecule has 0 aromatic carbocycles. The Labute approximate surface area is 104 Å². The van der Waals surface area contributed by atoms with Gasteiger partial charge in [-0.25, -0.2) is 4.79 Å². The van der Waals surface area contributed by atoms with E-state index < -0.39 is 5.60 Å². The highest BCUT2D eigenvalue weighted by Gasteiger charge is 2.24. The third-order valence-electron chi connectivity index (χ3n) is 3.14. The van der Waals surface area contributed by atoms with E-state index in [-0.39, 0.29) is 12.1 Å². The number of rotatable bonds is 3. The molecule has 100 valence electrons. The second kappa shape index (κ2) is 6.24. The zero-order chi connectivity index (χ0) is 12.9. The Morgan fingerprint density at radius 1 is 1.29 bits per heavy atom. The molecule has 0 aromatic heterocycles. The van der Waals surface area contributed by atoms with Crippen LogP contribution in [-0.2, 0) is 4.74 Å². The lowest BCUT2D eigenvalue weighted by Crippen LogP contribution is -2.41. The average molecular weight is 242 g/mol. The summed E-state index contributed by atoms with van der Waals surface area (Å²) in [5.41, 5.74) is 5.14. The van der Waals surface area contributed by atoms with Crippen molar-refractivity contribution < 1.29 is 9.53 Å². The van der Waals surface area contributed by atoms with Crippen LogP contribution < -0.4 is 11.1 Å². The minimum Gasteiger partial charge on any atom is -0.444 e. The molecular weight excluding hydrogens is 216 g/mol. The van der Waals surface area contributed by atoms with E-state index in [1.807, 2.05) is 20.8 Å². The fourth-order valence-electron chi connectivity index (χ4n) is 2.31. The van der Waals surface area contributed by atoms with Crippen molar-refractivity contribution in [1.29, 1.82) is 0 Å². The van der Waals surface area contributed by atoms with E-state index in [1.54, 1.807) is 0 Å². The molecule has 1 rings (SSSR count). The Balaban J connectivity index is 2.24. The van der Waals surface area contributed by atoms with Crippen LogP contribution >= 0.6 is 0 Å². The summed E-state index contributed by atoms with van der Waals surface area (Å²) in [4.78, 5) is 11.6. The fraction of sp³-hybridized carbons (Fsp3) is 0.923. The molecule has 17 heavy (non-hydrogen) atoms. The molecule has 1 amide bonds. The van der Waals surface area contributed by atoms with Crippen LogP contribution in [0, 0.1) is 5.92 Å². The molecule has 4 nitrogen and oxygen atoms in total. The summed E-state index contributed by atoms with van der Waals surface area (Å²) >= 11 is 0. The predicted molar refractivity (Wildman–Crippen MR) is 68.8 cm³/mol. The fourth-order valence-corrected chi connectivity index (χ4v) is 2.31. The van der Waals surface area contributed by atoms with Gasteiger partial charge in [-0.05, 0) is 65.3 Å². The SMILES string of the molecule is CC(C)(C)OC(=O)NC1CCC(CCN)CC1. The number of hydrogen-bond donors (Lipinski definition) is 2. The quantitative estimate of drug-likeness (QED) is 0.799. The molecule has 0 unspecified atom stereocenters. The number of carbonyl (C=O) groups excluding carboxylic acids is 1. The average Bonchev–Trinajstić information content (AvgIpc) is 2.18. The van der Waals surface area contributed by atoms with Gasteiger partial charge in [-0.2, -0.15) is 0 Å². The topological polar surface area (TPSA) is 64.3 Å². The number of ether oxygens (including phenoxy) is 1. The summed E-state index contributed by atoms with van der Waals surface area (Å²) < 4.78 is 5.24. The van der Waals surface area contributed by atoms with E-state index in [0.29, 0.717) is 0 Å². The number of alkyl carbamates (subject to hydrolysis) is 1. The Kier molecular flexibility index (Phi) is 5.25. The minimum atomic E-state index is -0.416. The molecule has 0 bridgehead atoms. The van der Waals surface area contributed by atoms with Gasteiger partial charge in [0.05, 0.1) is 0 Å². The Bertz CT molecular complexity index is 240. The van der Waals surface area contributed by atoms with Gasteiger partial charge in [-0.1, -0.05) is 0 Å². The Morgan fingerprint density at radius 3 is 2.35 bits per heavy atom. The van der Waals surface area contributed by atoms with Crippen molar-refractivity contribution >= 4 is 6.09 Å². The molecule has 3 N–H and O–H groups in total. The summed E-state index contributed by atoms with van der Waals surface area (Å²) in [5.74, 6) is 0.747. The Morgan fingerprint density at radius 2 is 1.88 bits per heavy atom. The Hall–Kier alpha value is -0.770. The van der Waals surface area contributed by atoms with Crippen LogP contribution in [0.5, 0.6) is 0 Å². The van der Waals surface area contributed by atoms with Crippen LogP contribution in [0.15, 0.2) is 0 Å². The maximum atomic E-state index is 11.6. The maximum Gasteiger partial charge on any atom is 0.407 e. The monoisotopic (exact) mass is 242 g/mol. The van der Waals surface area contributed by atoms with Crippen molar-refractivity contribution in [3.63, 3.8) is 0 Å². The molecule has 0 radical (unpaired) electrons. The molecule has 1 aliphatic rings. The lowest BCUT2D eigenvalue weighted by molar-refractivity contribution is 0.0487. The normalized spacial score (nSPS) is 25.4. The molecule has 0 heterocycles. The van der Waals surface area contributed by atoms with Crippen molar-refractivity contribution in [2.24, 2.45) is 11.7 Å². The first-order valence-corrected chi connectivity index (χ1v) is 6.60. The van der Waals surface area contributed by atoms with E-state index in [1.165, 1.54) is 0 Å². The summed E-state index contributed by atoms with van der Waals surface area (Å²) in [7, 11) is 0. The molecular formula is C13H26N2O2. The zero-order valence-corrected chi connectivity index (χ0v) is 11.3. The predicted octanol–water partition coefficient (Wildman–Crippen LogP) is 2.42. The van der Waals surface area contributed by atoms with Crippen LogP contribution in [0.3, 0.4) is 0 Å². The summed E-state index contributed by atoms with van der Waals surface area (Å²) in [6.45, 7) is 6.41. The third-order valence-corrected chi connectivity index (χ3v) is 3.14. The zero-order valence-electron chi connectivity index (χ0n) is 11.3. The second-order valence-corrected chi connectivity index (χ2v) is 5.94. The smallest absolute Gasteiger partial charge is 0.407 e. The number of nitrogens with one attached hydrogen (secondary N) is 1. The van der Waals surface area contributed by atoms with E-state index in [4.69, 9.17) is 10.5 Å². The van der Waals surface area contributed by atoms with E-state index >= 15 is 0 Å². The molecule has 1 saturated carbocycles. The van der Waals surface area contributed by atoms with E-state index in [2.05, 4.69) is 5.32 Å². The van der Waals surface area contributed by atoms with Gasteiger partial charge in [0, 0.05) is 6.04 Å². The van der Waals surface area contributed by atoms with Crippen molar-refractivity contribution in [3.05, 3.63) is 0 Å². The first-order chi connectivity index (χ1) is 7.90. The summed E-state index contributed by atoms with van der Waals surface area (Å²) in [6, 6.07) is 0.277. The third kappa shape index (κ3) is 5.91. The first kappa shape index (κ1) is 14.3. The van der Waals surface area contributed by atoms with Gasteiger partial charge in [0.2, 0.25) is 0 Å². The van der Waals surface area contributed by atoms with E-state index in [0.717, 1.165) is 44.6 Å². The van der Waals surface area contributed by atoms with Gasteiger partial charge in [-0.3, -0.25) is 0 Å². The van der Waals surface area contributed by atoms with Crippen LogP contribution in [0.4, 0.5) is 4.79 Å². The highest BCUT2D eigenvalue weighted by Crippen LogP contribution is 2.26. The highest BCUT2D eigenvalue weighted by molar-refractivity contribution is 5.68. The first-order valence-electron chi connectivity index (χ1n) is 6.60. The van der Waals surface area contributed by atoms with Crippen molar-refractivity contribution in [2.75, 3.05) is 6.54 Å². The van der Waals surface area contributed by atoms with Crippen LogP contribution in [0.25, 0.3) is 0 Å². The van der Waals surface area contributed by atoms with Gasteiger partial charge in [0.15, 0.2) is 0 Å². The van der Waals surface area contributed by atoms with Crippen molar-refractivity contribution in [2.45, 2.75) is 64.5 Å². The molecule has 0 aromatic rings. The van der Waals surface area contributed by atoms with Gasteiger partial charge in [-0.15, -0.1) is 0 Å². The highest BCUT2D eigenvalue weighted by atomic mass is 16.6. The van der Waals surface area contributed by atoms with Gasteiger partial charge in [0.1, 0.15) is 5.60 Å². The van der Waals surface area contributed by atoms with E-state index in [9.17, 15) is 4.79 Å². The maximum absolute atomic E-state index is 11.6. The number of nitrogens with two attached hydrogens (primary N) is 1. The number of carbonyl (C=O) groups is 1. The van der Waals surface area contributed by atoms with Gasteiger partial charge < -0.3 is 15.8 Å². The summed E-state index contributed by atoms with van der Waals surface area (Å²) in [5, 5.41) is 2.95. The lowest BCUT2D eigenvalue weighted by Gasteiger charge is -2.29. The largest absolute Gasteiger partial charge is 0.444 e. The molecule has 1 aliphatic carbocycles. The lowest BCUT2D eigenvalue weighted by atomic mass is 9.84. The molecule has 0 spiro atoms. The molecule has 4 heteroatoms. The number of hydrogen-bond acceptors (Lipinski definition) is 3. The number of amides is 1. The molecule has 0 saturated heterocycles. The van der Waals surface area contributed by atoms with Crippen molar-refractivity contribution in [3.8, 4) is 0 Å². The second-order valence-electron chi connectivity index (χ2n) is 5.94. The van der Waals surface area contributed by atoms with Crippen molar-refractivity contribution in [1.82, 2.24) is 5.32 Å². The van der Waals surface area contributed by atoms with Gasteiger partial charge in [0.25, 0.3) is 0 Å². The standard InChI is InChI=1S/C13H26N2O2/c1-13(2,3)17-12(16)15-11-6-4-10(5-7-11)8-9-14/h10-11H,4-9,14H2,1-3H3,(H,15,16).